The van der Waals surface area contributed by atoms with Crippen LogP contribution < -0.4 is 10.2 Å². The number of benzene rings is 1. The molecule has 2 aromatic rings. The topological polar surface area (TPSA) is 41.1 Å². The Balaban J connectivity index is 1.96. The third-order valence-electron chi connectivity index (χ3n) is 3.57. The number of anilines is 2. The number of allylic oxidation sites excluding steroid dienone is 1. The second kappa shape index (κ2) is 7.17. The summed E-state index contributed by atoms with van der Waals surface area (Å²) in [5.41, 5.74) is -2.14. The third kappa shape index (κ3) is 4.04. The van der Waals surface area contributed by atoms with Crippen LogP contribution in [-0.4, -0.2) is 28.4 Å². The van der Waals surface area contributed by atoms with Gasteiger partial charge in [-0.1, -0.05) is 12.1 Å². The molecule has 0 spiro atoms. The molecule has 0 radical (unpaired) electrons. The highest BCUT2D eigenvalue weighted by atomic mass is 32.2. The van der Waals surface area contributed by atoms with Crippen molar-refractivity contribution in [1.29, 1.82) is 0 Å². The normalized spacial score (nSPS) is 15.0. The van der Waals surface area contributed by atoms with E-state index in [1.165, 1.54) is 6.07 Å². The molecular formula is C16H15F3N4S2. The molecular weight excluding hydrogens is 369 g/mol. The number of nitrogens with zero attached hydrogens (tertiary/aromatic N) is 3. The Morgan fingerprint density at radius 3 is 2.72 bits per heavy atom. The van der Waals surface area contributed by atoms with E-state index in [4.69, 9.17) is 0 Å². The van der Waals surface area contributed by atoms with Crippen LogP contribution in [0, 0.1) is 0 Å². The fraction of sp³-hybridized carbons (Fsp3) is 0.250. The van der Waals surface area contributed by atoms with Crippen molar-refractivity contribution in [3.05, 3.63) is 47.9 Å². The van der Waals surface area contributed by atoms with Crippen molar-refractivity contribution in [1.82, 2.24) is 9.97 Å². The van der Waals surface area contributed by atoms with Crippen LogP contribution in [0.4, 0.5) is 24.8 Å². The first kappa shape index (κ1) is 17.9. The van der Waals surface area contributed by atoms with Gasteiger partial charge in [0.05, 0.1) is 22.2 Å². The molecule has 0 amide bonds. The lowest BCUT2D eigenvalue weighted by Gasteiger charge is -2.22. The number of halogens is 3. The van der Waals surface area contributed by atoms with Crippen LogP contribution >= 0.6 is 23.5 Å². The molecule has 0 bridgehead atoms. The second-order valence-corrected chi connectivity index (χ2v) is 7.21. The van der Waals surface area contributed by atoms with Crippen LogP contribution in [-0.2, 0) is 0 Å². The molecule has 1 aromatic heterocycles. The molecule has 25 heavy (non-hydrogen) atoms. The highest BCUT2D eigenvalue weighted by Crippen LogP contribution is 2.46. The average molecular weight is 384 g/mol. The number of hydrogen-bond donors (Lipinski definition) is 1. The van der Waals surface area contributed by atoms with Gasteiger partial charge >= 0.3 is 5.51 Å². The fourth-order valence-corrected chi connectivity index (χ4v) is 4.31. The number of alkyl halides is 3. The van der Waals surface area contributed by atoms with Gasteiger partial charge in [0.1, 0.15) is 0 Å². The van der Waals surface area contributed by atoms with Crippen molar-refractivity contribution in [2.75, 3.05) is 23.1 Å². The van der Waals surface area contributed by atoms with E-state index < -0.39 is 5.51 Å². The lowest BCUT2D eigenvalue weighted by atomic mass is 10.2. The van der Waals surface area contributed by atoms with Gasteiger partial charge in [0, 0.05) is 23.8 Å². The predicted octanol–water partition coefficient (Wildman–Crippen LogP) is 5.03. The largest absolute Gasteiger partial charge is 0.446 e. The lowest BCUT2D eigenvalue weighted by Crippen LogP contribution is -2.17. The summed E-state index contributed by atoms with van der Waals surface area (Å²) in [6.07, 6.45) is 1.66. The average Bonchev–Trinajstić information content (AvgIpc) is 2.95. The van der Waals surface area contributed by atoms with Crippen molar-refractivity contribution >= 4 is 40.1 Å². The van der Waals surface area contributed by atoms with Gasteiger partial charge in [-0.2, -0.15) is 13.2 Å². The maximum atomic E-state index is 12.8. The molecule has 3 rings (SSSR count). The first-order valence-electron chi connectivity index (χ1n) is 7.36. The monoisotopic (exact) mass is 384 g/mol. The van der Waals surface area contributed by atoms with Gasteiger partial charge < -0.3 is 10.2 Å². The van der Waals surface area contributed by atoms with Gasteiger partial charge in [-0.25, -0.2) is 9.97 Å². The molecule has 4 nitrogen and oxygen atoms in total. The van der Waals surface area contributed by atoms with E-state index in [1.54, 1.807) is 49.3 Å². The van der Waals surface area contributed by atoms with Crippen LogP contribution in [0.3, 0.4) is 0 Å². The molecule has 0 saturated heterocycles. The smallest absolute Gasteiger partial charge is 0.357 e. The molecule has 0 atom stereocenters. The van der Waals surface area contributed by atoms with Crippen molar-refractivity contribution in [3.63, 3.8) is 0 Å². The maximum Gasteiger partial charge on any atom is 0.446 e. The summed E-state index contributed by atoms with van der Waals surface area (Å²) in [5.74, 6) is 1.04. The number of nitrogens with one attached hydrogen (secondary N) is 1. The quantitative estimate of drug-likeness (QED) is 0.746. The first-order valence-corrected chi connectivity index (χ1v) is 9.16. The van der Waals surface area contributed by atoms with Gasteiger partial charge in [0.25, 0.3) is 0 Å². The van der Waals surface area contributed by atoms with E-state index in [0.29, 0.717) is 17.5 Å². The zero-order chi connectivity index (χ0) is 18.0. The summed E-state index contributed by atoms with van der Waals surface area (Å²) in [7, 11) is 1.74. The zero-order valence-electron chi connectivity index (χ0n) is 13.5. The third-order valence-corrected chi connectivity index (χ3v) is 5.54. The van der Waals surface area contributed by atoms with Crippen molar-refractivity contribution in [2.45, 2.75) is 17.3 Å². The van der Waals surface area contributed by atoms with Crippen molar-refractivity contribution in [2.24, 2.45) is 0 Å². The minimum Gasteiger partial charge on any atom is -0.357 e. The van der Waals surface area contributed by atoms with Crippen LogP contribution in [0.5, 0.6) is 0 Å². The van der Waals surface area contributed by atoms with Gasteiger partial charge in [-0.3, -0.25) is 0 Å². The Labute approximate surface area is 151 Å². The molecule has 0 aliphatic carbocycles. The Kier molecular flexibility index (Phi) is 5.14. The summed E-state index contributed by atoms with van der Waals surface area (Å²) in [4.78, 5) is 11.5. The Morgan fingerprint density at radius 2 is 2.00 bits per heavy atom. The van der Waals surface area contributed by atoms with Gasteiger partial charge in [0.2, 0.25) is 5.95 Å². The number of para-hydroxylation sites is 1. The van der Waals surface area contributed by atoms with Crippen molar-refractivity contribution in [3.8, 4) is 0 Å². The Bertz CT molecular complexity index is 808. The standard InChI is InChI=1S/C16H15F3N4S2/c1-10-14(11-7-8-21-15(20-2)22-11)24-9-23(10)12-5-3-4-6-13(12)25-16(17,18)19/h3-8H,9H2,1-2H3,(H,20,21,22). The van der Waals surface area contributed by atoms with E-state index >= 15 is 0 Å². The van der Waals surface area contributed by atoms with Gasteiger partial charge in [-0.15, -0.1) is 11.8 Å². The van der Waals surface area contributed by atoms with Crippen LogP contribution in [0.2, 0.25) is 0 Å². The first-order chi connectivity index (χ1) is 11.9. The highest BCUT2D eigenvalue weighted by Gasteiger charge is 2.32. The van der Waals surface area contributed by atoms with E-state index in [1.807, 2.05) is 11.8 Å². The summed E-state index contributed by atoms with van der Waals surface area (Å²) >= 11 is 1.46. The lowest BCUT2D eigenvalue weighted by molar-refractivity contribution is -0.0328. The zero-order valence-corrected chi connectivity index (χ0v) is 15.1. The molecule has 0 fully saturated rings. The van der Waals surface area contributed by atoms with E-state index in [2.05, 4.69) is 15.3 Å². The number of rotatable bonds is 4. The Morgan fingerprint density at radius 1 is 1.24 bits per heavy atom. The molecule has 0 unspecified atom stereocenters. The molecule has 0 saturated carbocycles. The van der Waals surface area contributed by atoms with Crippen LogP contribution in [0.15, 0.2) is 47.1 Å². The predicted molar refractivity (Wildman–Crippen MR) is 97.5 cm³/mol. The minimum atomic E-state index is -4.32. The molecule has 1 aliphatic heterocycles. The van der Waals surface area contributed by atoms with Crippen LogP contribution in [0.1, 0.15) is 12.6 Å². The number of aromatic nitrogens is 2. The van der Waals surface area contributed by atoms with Crippen molar-refractivity contribution < 1.29 is 13.2 Å². The summed E-state index contributed by atoms with van der Waals surface area (Å²) in [6.45, 7) is 1.89. The van der Waals surface area contributed by atoms with Crippen LogP contribution in [0.25, 0.3) is 4.91 Å². The molecule has 1 aliphatic rings. The fourth-order valence-electron chi connectivity index (χ4n) is 2.46. The van der Waals surface area contributed by atoms with Gasteiger partial charge in [0.15, 0.2) is 0 Å². The Hall–Kier alpha value is -1.87. The number of hydrogen-bond acceptors (Lipinski definition) is 6. The highest BCUT2D eigenvalue weighted by molar-refractivity contribution is 8.08. The summed E-state index contributed by atoms with van der Waals surface area (Å²) in [6, 6.07) is 8.36. The van der Waals surface area contributed by atoms with E-state index in [9.17, 15) is 13.2 Å². The molecule has 1 N–H and O–H groups in total. The molecule has 1 aromatic carbocycles. The summed E-state index contributed by atoms with van der Waals surface area (Å²) in [5, 5.41) is 2.89. The maximum absolute atomic E-state index is 12.8. The molecule has 9 heteroatoms. The molecule has 132 valence electrons. The van der Waals surface area contributed by atoms with Gasteiger partial charge in [-0.05, 0) is 36.9 Å². The minimum absolute atomic E-state index is 0.0898. The SMILES string of the molecule is CNc1nccc(C2=C(C)N(c3ccccc3SC(F)(F)F)CS2)n1. The number of thioether (sulfide) groups is 2. The molecule has 2 heterocycles. The van der Waals surface area contributed by atoms with E-state index in [0.717, 1.165) is 16.3 Å². The second-order valence-electron chi connectivity index (χ2n) is 5.15. The summed E-state index contributed by atoms with van der Waals surface area (Å²) < 4.78 is 38.5. The van der Waals surface area contributed by atoms with E-state index in [-0.39, 0.29) is 16.7 Å².